The molecule has 1 aromatic rings. The minimum Gasteiger partial charge on any atom is -0.378 e. The van der Waals surface area contributed by atoms with Gasteiger partial charge in [0.1, 0.15) is 5.82 Å². The van der Waals surface area contributed by atoms with E-state index in [0.717, 1.165) is 31.6 Å². The second-order valence-corrected chi connectivity index (χ2v) is 3.76. The lowest BCUT2D eigenvalue weighted by atomic mass is 10.2. The summed E-state index contributed by atoms with van der Waals surface area (Å²) in [6.07, 6.45) is 0.891. The van der Waals surface area contributed by atoms with E-state index >= 15 is 0 Å². The molecule has 86 valence electrons. The van der Waals surface area contributed by atoms with Crippen LogP contribution in [0.1, 0.15) is 6.42 Å². The Morgan fingerprint density at radius 2 is 2.38 bits per heavy atom. The fourth-order valence-electron chi connectivity index (χ4n) is 1.74. The summed E-state index contributed by atoms with van der Waals surface area (Å²) in [5, 5.41) is 16.6. The van der Waals surface area contributed by atoms with E-state index in [1.165, 1.54) is 6.07 Å². The topological polar surface area (TPSA) is 67.2 Å². The second kappa shape index (κ2) is 4.44. The number of nitro benzene ring substituents is 1. The van der Waals surface area contributed by atoms with Crippen molar-refractivity contribution >= 4 is 11.4 Å². The van der Waals surface area contributed by atoms with Gasteiger partial charge in [-0.1, -0.05) is 0 Å². The van der Waals surface area contributed by atoms with Crippen molar-refractivity contribution in [2.45, 2.75) is 12.5 Å². The Hall–Kier alpha value is -1.69. The fourth-order valence-corrected chi connectivity index (χ4v) is 1.74. The Kier molecular flexibility index (Phi) is 3.00. The molecule has 1 atom stereocenters. The number of benzene rings is 1. The average Bonchev–Trinajstić information content (AvgIpc) is 2.73. The lowest BCUT2D eigenvalue weighted by Crippen LogP contribution is -2.22. The highest BCUT2D eigenvalue weighted by Crippen LogP contribution is 2.22. The van der Waals surface area contributed by atoms with Crippen LogP contribution in [0, 0.1) is 15.9 Å². The van der Waals surface area contributed by atoms with E-state index in [0.29, 0.717) is 0 Å². The number of hydrogen-bond acceptors (Lipinski definition) is 4. The second-order valence-electron chi connectivity index (χ2n) is 3.76. The summed E-state index contributed by atoms with van der Waals surface area (Å²) in [5.41, 5.74) is 0.0951. The molecule has 5 nitrogen and oxygen atoms in total. The van der Waals surface area contributed by atoms with Gasteiger partial charge < -0.3 is 10.6 Å². The number of nitrogens with zero attached hydrogens (tertiary/aromatic N) is 1. The van der Waals surface area contributed by atoms with Gasteiger partial charge in [0.05, 0.1) is 10.6 Å². The van der Waals surface area contributed by atoms with Crippen LogP contribution >= 0.6 is 0 Å². The molecule has 1 unspecified atom stereocenters. The summed E-state index contributed by atoms with van der Waals surface area (Å²) in [4.78, 5) is 10.0. The monoisotopic (exact) mass is 225 g/mol. The van der Waals surface area contributed by atoms with Gasteiger partial charge in [-0.25, -0.2) is 4.39 Å². The molecule has 2 rings (SSSR count). The Labute approximate surface area is 91.8 Å². The van der Waals surface area contributed by atoms with Crippen LogP contribution in [0.25, 0.3) is 0 Å². The Bertz CT molecular complexity index is 405. The smallest absolute Gasteiger partial charge is 0.271 e. The van der Waals surface area contributed by atoms with Crippen LogP contribution in [-0.2, 0) is 0 Å². The van der Waals surface area contributed by atoms with Crippen molar-refractivity contribution in [1.82, 2.24) is 5.32 Å². The van der Waals surface area contributed by atoms with Crippen molar-refractivity contribution in [3.63, 3.8) is 0 Å². The normalized spacial score (nSPS) is 19.7. The zero-order valence-electron chi connectivity index (χ0n) is 8.57. The third-order valence-corrected chi connectivity index (χ3v) is 2.58. The van der Waals surface area contributed by atoms with Gasteiger partial charge in [0, 0.05) is 24.7 Å². The van der Waals surface area contributed by atoms with Gasteiger partial charge in [0.25, 0.3) is 5.69 Å². The standard InChI is InChI=1S/C10H12FN3O2/c11-9-2-1-8(14(15)16)5-10(9)13-7-3-4-12-6-7/h1-2,5,7,12-13H,3-4,6H2. The van der Waals surface area contributed by atoms with Crippen LogP contribution in [0.15, 0.2) is 18.2 Å². The fraction of sp³-hybridized carbons (Fsp3) is 0.400. The number of nitrogens with one attached hydrogen (secondary N) is 2. The summed E-state index contributed by atoms with van der Waals surface area (Å²) in [6, 6.07) is 3.64. The molecule has 1 fully saturated rings. The van der Waals surface area contributed by atoms with Crippen LogP contribution in [-0.4, -0.2) is 24.1 Å². The zero-order chi connectivity index (χ0) is 11.5. The number of halogens is 1. The van der Waals surface area contributed by atoms with Crippen molar-refractivity contribution in [2.75, 3.05) is 18.4 Å². The molecule has 1 saturated heterocycles. The molecule has 0 radical (unpaired) electrons. The van der Waals surface area contributed by atoms with Gasteiger partial charge in [-0.15, -0.1) is 0 Å². The van der Waals surface area contributed by atoms with Crippen LogP contribution in [0.5, 0.6) is 0 Å². The predicted molar refractivity (Wildman–Crippen MR) is 58.0 cm³/mol. The Morgan fingerprint density at radius 3 is 3.00 bits per heavy atom. The van der Waals surface area contributed by atoms with Crippen molar-refractivity contribution < 1.29 is 9.31 Å². The first-order chi connectivity index (χ1) is 7.66. The highest BCUT2D eigenvalue weighted by molar-refractivity contribution is 5.53. The van der Waals surface area contributed by atoms with Crippen molar-refractivity contribution in [3.8, 4) is 0 Å². The van der Waals surface area contributed by atoms with Crippen molar-refractivity contribution in [2.24, 2.45) is 0 Å². The molecule has 0 bridgehead atoms. The maximum absolute atomic E-state index is 13.4. The first kappa shape index (κ1) is 10.8. The van der Waals surface area contributed by atoms with Crippen LogP contribution in [0.4, 0.5) is 15.8 Å². The van der Waals surface area contributed by atoms with Gasteiger partial charge in [-0.05, 0) is 19.0 Å². The van der Waals surface area contributed by atoms with E-state index in [-0.39, 0.29) is 17.4 Å². The number of rotatable bonds is 3. The van der Waals surface area contributed by atoms with E-state index in [2.05, 4.69) is 10.6 Å². The van der Waals surface area contributed by atoms with E-state index in [1.807, 2.05) is 0 Å². The number of nitro groups is 1. The van der Waals surface area contributed by atoms with Crippen LogP contribution < -0.4 is 10.6 Å². The third-order valence-electron chi connectivity index (χ3n) is 2.58. The molecule has 1 aliphatic heterocycles. The van der Waals surface area contributed by atoms with E-state index in [9.17, 15) is 14.5 Å². The molecule has 16 heavy (non-hydrogen) atoms. The number of hydrogen-bond donors (Lipinski definition) is 2. The quantitative estimate of drug-likeness (QED) is 0.604. The molecule has 0 spiro atoms. The van der Waals surface area contributed by atoms with E-state index < -0.39 is 10.7 Å². The van der Waals surface area contributed by atoms with Gasteiger partial charge in [0.15, 0.2) is 0 Å². The molecule has 2 N–H and O–H groups in total. The van der Waals surface area contributed by atoms with Gasteiger partial charge in [0.2, 0.25) is 0 Å². The molecule has 1 heterocycles. The molecular weight excluding hydrogens is 213 g/mol. The zero-order valence-corrected chi connectivity index (χ0v) is 8.57. The lowest BCUT2D eigenvalue weighted by Gasteiger charge is -2.13. The van der Waals surface area contributed by atoms with Crippen LogP contribution in [0.2, 0.25) is 0 Å². The van der Waals surface area contributed by atoms with E-state index in [4.69, 9.17) is 0 Å². The SMILES string of the molecule is O=[N+]([O-])c1ccc(F)c(NC2CCNC2)c1. The molecule has 0 aromatic heterocycles. The molecule has 1 aromatic carbocycles. The maximum atomic E-state index is 13.4. The lowest BCUT2D eigenvalue weighted by molar-refractivity contribution is -0.384. The average molecular weight is 225 g/mol. The Balaban J connectivity index is 2.17. The largest absolute Gasteiger partial charge is 0.378 e. The summed E-state index contributed by atoms with van der Waals surface area (Å²) in [5.74, 6) is -0.461. The molecule has 1 aliphatic rings. The third kappa shape index (κ3) is 2.27. The van der Waals surface area contributed by atoms with Gasteiger partial charge in [-0.2, -0.15) is 0 Å². The summed E-state index contributed by atoms with van der Waals surface area (Å²) >= 11 is 0. The molecule has 0 amide bonds. The highest BCUT2D eigenvalue weighted by Gasteiger charge is 2.17. The molecule has 0 aliphatic carbocycles. The minimum atomic E-state index is -0.530. The van der Waals surface area contributed by atoms with Crippen molar-refractivity contribution in [3.05, 3.63) is 34.1 Å². The first-order valence-corrected chi connectivity index (χ1v) is 5.08. The predicted octanol–water partition coefficient (Wildman–Crippen LogP) is 1.51. The number of anilines is 1. The molecule has 0 saturated carbocycles. The Morgan fingerprint density at radius 1 is 1.56 bits per heavy atom. The van der Waals surface area contributed by atoms with Crippen LogP contribution in [0.3, 0.4) is 0 Å². The maximum Gasteiger partial charge on any atom is 0.271 e. The molecular formula is C10H12FN3O2. The van der Waals surface area contributed by atoms with Gasteiger partial charge in [-0.3, -0.25) is 10.1 Å². The van der Waals surface area contributed by atoms with Gasteiger partial charge >= 0.3 is 0 Å². The minimum absolute atomic E-state index is 0.102. The summed E-state index contributed by atoms with van der Waals surface area (Å²) < 4.78 is 13.4. The highest BCUT2D eigenvalue weighted by atomic mass is 19.1. The van der Waals surface area contributed by atoms with Crippen molar-refractivity contribution in [1.29, 1.82) is 0 Å². The van der Waals surface area contributed by atoms with E-state index in [1.54, 1.807) is 0 Å². The number of non-ortho nitro benzene ring substituents is 1. The summed E-state index contributed by atoms with van der Waals surface area (Å²) in [7, 11) is 0. The first-order valence-electron chi connectivity index (χ1n) is 5.08. The summed E-state index contributed by atoms with van der Waals surface area (Å²) in [6.45, 7) is 1.64. The molecule has 6 heteroatoms.